The first-order valence-electron chi connectivity index (χ1n) is 6.72. The summed E-state index contributed by atoms with van der Waals surface area (Å²) in [6.45, 7) is 1.93. The van der Waals surface area contributed by atoms with Crippen LogP contribution in [-0.2, 0) is 4.74 Å². The second-order valence-electron chi connectivity index (χ2n) is 4.61. The zero-order chi connectivity index (χ0) is 15.7. The largest absolute Gasteiger partial charge is 0.497 e. The Morgan fingerprint density at radius 3 is 2.77 bits per heavy atom. The number of esters is 1. The van der Waals surface area contributed by atoms with Gasteiger partial charge in [-0.1, -0.05) is 11.3 Å². The Hall–Kier alpha value is -2.47. The molecule has 2 heterocycles. The van der Waals surface area contributed by atoms with Crippen LogP contribution >= 0.6 is 11.3 Å². The number of fused-ring (bicyclic) bond motifs is 2. The molecule has 0 saturated carbocycles. The second-order valence-corrected chi connectivity index (χ2v) is 5.57. The molecule has 0 aliphatic heterocycles. The molecule has 6 heteroatoms. The molecule has 5 nitrogen and oxygen atoms in total. The van der Waals surface area contributed by atoms with Crippen LogP contribution in [0.1, 0.15) is 17.3 Å². The van der Waals surface area contributed by atoms with E-state index in [2.05, 4.69) is 4.98 Å². The van der Waals surface area contributed by atoms with Gasteiger partial charge in [-0.2, -0.15) is 0 Å². The van der Waals surface area contributed by atoms with Crippen molar-refractivity contribution in [1.82, 2.24) is 4.98 Å². The first kappa shape index (κ1) is 14.5. The highest BCUT2D eigenvalue weighted by molar-refractivity contribution is 7.16. The number of aromatic nitrogens is 1. The van der Waals surface area contributed by atoms with Gasteiger partial charge in [0.15, 0.2) is 0 Å². The van der Waals surface area contributed by atoms with E-state index in [0.29, 0.717) is 4.83 Å². The SMILES string of the molecule is CCOC(=O)c1cc2cc3cc(OC)ccc3nc2sc1=O. The molecule has 112 valence electrons. The van der Waals surface area contributed by atoms with Gasteiger partial charge in [0.1, 0.15) is 16.1 Å². The van der Waals surface area contributed by atoms with Crippen molar-refractivity contribution in [2.75, 3.05) is 13.7 Å². The maximum atomic E-state index is 12.0. The molecule has 0 bridgehead atoms. The summed E-state index contributed by atoms with van der Waals surface area (Å²) in [4.78, 5) is 28.9. The van der Waals surface area contributed by atoms with Gasteiger partial charge in [0, 0.05) is 10.8 Å². The lowest BCUT2D eigenvalue weighted by atomic mass is 10.1. The van der Waals surface area contributed by atoms with Gasteiger partial charge in [-0.25, -0.2) is 9.78 Å². The van der Waals surface area contributed by atoms with Crippen LogP contribution in [0.5, 0.6) is 5.75 Å². The van der Waals surface area contributed by atoms with E-state index in [1.54, 1.807) is 14.0 Å². The lowest BCUT2D eigenvalue weighted by molar-refractivity contribution is 0.0525. The number of rotatable bonds is 3. The van der Waals surface area contributed by atoms with Crippen LogP contribution < -0.4 is 9.48 Å². The van der Waals surface area contributed by atoms with Gasteiger partial charge in [0.2, 0.25) is 4.74 Å². The highest BCUT2D eigenvalue weighted by Gasteiger charge is 2.14. The second kappa shape index (κ2) is 5.73. The molecule has 0 amide bonds. The molecule has 3 rings (SSSR count). The fraction of sp³-hybridized carbons (Fsp3) is 0.188. The van der Waals surface area contributed by atoms with E-state index in [-0.39, 0.29) is 16.9 Å². The third-order valence-electron chi connectivity index (χ3n) is 3.22. The maximum Gasteiger partial charge on any atom is 0.343 e. The number of hydrogen-bond acceptors (Lipinski definition) is 6. The average molecular weight is 315 g/mol. The number of benzene rings is 1. The summed E-state index contributed by atoms with van der Waals surface area (Å²) >= 11 is 0.949. The maximum absolute atomic E-state index is 12.0. The fourth-order valence-corrected chi connectivity index (χ4v) is 2.98. The van der Waals surface area contributed by atoms with Crippen molar-refractivity contribution in [2.24, 2.45) is 0 Å². The van der Waals surface area contributed by atoms with Crippen LogP contribution in [0, 0.1) is 0 Å². The summed E-state index contributed by atoms with van der Waals surface area (Å²) in [5.74, 6) is 0.125. The molecule has 0 spiro atoms. The predicted molar refractivity (Wildman–Crippen MR) is 85.9 cm³/mol. The van der Waals surface area contributed by atoms with Crippen LogP contribution in [0.2, 0.25) is 0 Å². The zero-order valence-electron chi connectivity index (χ0n) is 12.1. The smallest absolute Gasteiger partial charge is 0.343 e. The van der Waals surface area contributed by atoms with E-state index in [0.717, 1.165) is 33.4 Å². The molecule has 0 atom stereocenters. The lowest BCUT2D eigenvalue weighted by Crippen LogP contribution is -2.14. The van der Waals surface area contributed by atoms with E-state index in [9.17, 15) is 9.59 Å². The number of methoxy groups -OCH3 is 1. The van der Waals surface area contributed by atoms with Gasteiger partial charge in [-0.3, -0.25) is 4.79 Å². The molecule has 0 fully saturated rings. The van der Waals surface area contributed by atoms with Crippen LogP contribution in [-0.4, -0.2) is 24.7 Å². The van der Waals surface area contributed by atoms with Gasteiger partial charge in [-0.05, 0) is 37.3 Å². The molecule has 0 N–H and O–H groups in total. The summed E-state index contributed by atoms with van der Waals surface area (Å²) in [6.07, 6.45) is 0. The molecule has 22 heavy (non-hydrogen) atoms. The monoisotopic (exact) mass is 315 g/mol. The molecule has 0 aliphatic rings. The summed E-state index contributed by atoms with van der Waals surface area (Å²) < 4.78 is 9.77. The van der Waals surface area contributed by atoms with Crippen LogP contribution in [0.25, 0.3) is 21.1 Å². The van der Waals surface area contributed by atoms with Gasteiger partial charge in [0.05, 0.1) is 19.2 Å². The third-order valence-corrected chi connectivity index (χ3v) is 4.14. The number of pyridine rings is 1. The average Bonchev–Trinajstić information content (AvgIpc) is 2.52. The first-order valence-corrected chi connectivity index (χ1v) is 7.54. The molecule has 0 radical (unpaired) electrons. The Bertz CT molecular complexity index is 932. The van der Waals surface area contributed by atoms with Crippen molar-refractivity contribution in [3.8, 4) is 5.75 Å². The quantitative estimate of drug-likeness (QED) is 0.549. The topological polar surface area (TPSA) is 65.5 Å². The molecular formula is C16H13NO4S. The Labute approximate surface area is 130 Å². The highest BCUT2D eigenvalue weighted by Crippen LogP contribution is 2.25. The van der Waals surface area contributed by atoms with Gasteiger partial charge >= 0.3 is 5.97 Å². The van der Waals surface area contributed by atoms with E-state index >= 15 is 0 Å². The highest BCUT2D eigenvalue weighted by atomic mass is 32.1. The minimum absolute atomic E-state index is 0.0448. The summed E-state index contributed by atoms with van der Waals surface area (Å²) in [5.41, 5.74) is 0.816. The van der Waals surface area contributed by atoms with E-state index in [1.807, 2.05) is 24.3 Å². The van der Waals surface area contributed by atoms with Crippen molar-refractivity contribution in [1.29, 1.82) is 0 Å². The zero-order valence-corrected chi connectivity index (χ0v) is 12.9. The standard InChI is InChI=1S/C16H13NO4S/c1-3-21-15(18)12-8-10-6-9-7-11(20-2)4-5-13(9)17-14(10)22-16(12)19/h4-8H,3H2,1-2H3. The van der Waals surface area contributed by atoms with Gasteiger partial charge in [0.25, 0.3) is 0 Å². The predicted octanol–water partition coefficient (Wildman–Crippen LogP) is 3.00. The number of ether oxygens (including phenoxy) is 2. The van der Waals surface area contributed by atoms with Crippen molar-refractivity contribution in [2.45, 2.75) is 6.92 Å². The summed E-state index contributed by atoms with van der Waals surface area (Å²) in [7, 11) is 1.60. The number of carbonyl (C=O) groups is 1. The molecule has 3 aromatic rings. The Morgan fingerprint density at radius 2 is 2.05 bits per heavy atom. The van der Waals surface area contributed by atoms with Crippen molar-refractivity contribution in [3.05, 3.63) is 45.4 Å². The number of carbonyl (C=O) groups excluding carboxylic acids is 1. The summed E-state index contributed by atoms with van der Waals surface area (Å²) in [6, 6.07) is 8.94. The molecule has 1 aromatic carbocycles. The number of nitrogens with zero attached hydrogens (tertiary/aromatic N) is 1. The van der Waals surface area contributed by atoms with Crippen molar-refractivity contribution in [3.63, 3.8) is 0 Å². The molecule has 2 aromatic heterocycles. The van der Waals surface area contributed by atoms with E-state index < -0.39 is 5.97 Å². The molecular weight excluding hydrogens is 302 g/mol. The Balaban J connectivity index is 2.23. The van der Waals surface area contributed by atoms with Crippen LogP contribution in [0.15, 0.2) is 35.1 Å². The van der Waals surface area contributed by atoms with E-state index in [1.165, 1.54) is 6.07 Å². The first-order chi connectivity index (χ1) is 10.6. The van der Waals surface area contributed by atoms with Crippen LogP contribution in [0.3, 0.4) is 0 Å². The number of hydrogen-bond donors (Lipinski definition) is 0. The molecule has 0 saturated heterocycles. The van der Waals surface area contributed by atoms with Gasteiger partial charge in [-0.15, -0.1) is 0 Å². The normalized spacial score (nSPS) is 10.8. The van der Waals surface area contributed by atoms with Gasteiger partial charge < -0.3 is 9.47 Å². The minimum atomic E-state index is -0.601. The van der Waals surface area contributed by atoms with Crippen molar-refractivity contribution >= 4 is 38.4 Å². The van der Waals surface area contributed by atoms with Crippen molar-refractivity contribution < 1.29 is 14.3 Å². The molecule has 0 aliphatic carbocycles. The fourth-order valence-electron chi connectivity index (χ4n) is 2.17. The van der Waals surface area contributed by atoms with E-state index in [4.69, 9.17) is 9.47 Å². The van der Waals surface area contributed by atoms with Crippen LogP contribution in [0.4, 0.5) is 0 Å². The minimum Gasteiger partial charge on any atom is -0.497 e. The summed E-state index contributed by atoms with van der Waals surface area (Å²) in [5, 5.41) is 1.61. The third kappa shape index (κ3) is 2.53. The lowest BCUT2D eigenvalue weighted by Gasteiger charge is -2.05. The Kier molecular flexibility index (Phi) is 3.77. The Morgan fingerprint density at radius 1 is 1.23 bits per heavy atom. The molecule has 0 unspecified atom stereocenters.